The quantitative estimate of drug-likeness (QED) is 0.911. The van der Waals surface area contributed by atoms with E-state index in [1.807, 2.05) is 0 Å². The highest BCUT2D eigenvalue weighted by molar-refractivity contribution is 6.32. The molecule has 2 bridgehead atoms. The van der Waals surface area contributed by atoms with Crippen LogP contribution in [0.25, 0.3) is 0 Å². The highest BCUT2D eigenvalue weighted by atomic mass is 35.5. The van der Waals surface area contributed by atoms with Crippen molar-refractivity contribution in [2.24, 2.45) is 0 Å². The van der Waals surface area contributed by atoms with Gasteiger partial charge in [-0.15, -0.1) is 0 Å². The highest BCUT2D eigenvalue weighted by Gasteiger charge is 2.36. The molecule has 0 radical (unpaired) electrons. The Morgan fingerprint density at radius 1 is 1.39 bits per heavy atom. The molecule has 0 amide bonds. The maximum Gasteiger partial charge on any atom is 0.151 e. The fraction of sp³-hybridized carbons (Fsp3) is 0.692. The number of nitrogens with one attached hydrogen (secondary N) is 1. The fourth-order valence-corrected chi connectivity index (χ4v) is 3.59. The standard InChI is InChI=1S/C13H19ClN4/c1-2-18(13-12(14)7-15-8-16-13)11-5-9-3-4-10(6-11)17-9/h7-11,17H,2-6H2,1H3. The molecule has 2 fully saturated rings. The molecular formula is C13H19ClN4. The topological polar surface area (TPSA) is 41.1 Å². The summed E-state index contributed by atoms with van der Waals surface area (Å²) in [4.78, 5) is 10.7. The van der Waals surface area contributed by atoms with Gasteiger partial charge < -0.3 is 10.2 Å². The van der Waals surface area contributed by atoms with Gasteiger partial charge in [-0.05, 0) is 32.6 Å². The number of aromatic nitrogens is 2. The molecule has 3 rings (SSSR count). The van der Waals surface area contributed by atoms with Crippen LogP contribution in [0.1, 0.15) is 32.6 Å². The van der Waals surface area contributed by atoms with Crippen molar-refractivity contribution in [2.45, 2.75) is 50.7 Å². The number of hydrogen-bond acceptors (Lipinski definition) is 4. The summed E-state index contributed by atoms with van der Waals surface area (Å²) in [6.07, 6.45) is 8.30. The largest absolute Gasteiger partial charge is 0.352 e. The average molecular weight is 267 g/mol. The van der Waals surface area contributed by atoms with Crippen LogP contribution in [0.5, 0.6) is 0 Å². The summed E-state index contributed by atoms with van der Waals surface area (Å²) < 4.78 is 0. The summed E-state index contributed by atoms with van der Waals surface area (Å²) in [6, 6.07) is 1.92. The van der Waals surface area contributed by atoms with Gasteiger partial charge in [-0.2, -0.15) is 0 Å². The fourth-order valence-electron chi connectivity index (χ4n) is 3.38. The van der Waals surface area contributed by atoms with Gasteiger partial charge in [0.15, 0.2) is 5.82 Å². The Morgan fingerprint density at radius 2 is 2.11 bits per heavy atom. The second kappa shape index (κ2) is 5.02. The van der Waals surface area contributed by atoms with Gasteiger partial charge in [-0.25, -0.2) is 9.97 Å². The van der Waals surface area contributed by atoms with E-state index in [1.54, 1.807) is 12.5 Å². The minimum absolute atomic E-state index is 0.557. The van der Waals surface area contributed by atoms with Crippen molar-refractivity contribution in [1.82, 2.24) is 15.3 Å². The Hall–Kier alpha value is -0.870. The first-order valence-electron chi connectivity index (χ1n) is 6.76. The molecule has 2 unspecified atom stereocenters. The van der Waals surface area contributed by atoms with E-state index in [0.29, 0.717) is 23.1 Å². The SMILES string of the molecule is CCN(c1ncncc1Cl)C1CC2CCC(C1)N2. The molecule has 2 aliphatic heterocycles. The van der Waals surface area contributed by atoms with Crippen molar-refractivity contribution >= 4 is 17.4 Å². The third-order valence-corrected chi connectivity index (χ3v) is 4.42. The van der Waals surface area contributed by atoms with Crippen LogP contribution < -0.4 is 10.2 Å². The van der Waals surface area contributed by atoms with E-state index < -0.39 is 0 Å². The molecule has 1 N–H and O–H groups in total. The van der Waals surface area contributed by atoms with Gasteiger partial charge in [0.25, 0.3) is 0 Å². The number of halogens is 1. The summed E-state index contributed by atoms with van der Waals surface area (Å²) in [5.74, 6) is 0.889. The van der Waals surface area contributed by atoms with Crippen LogP contribution in [0.4, 0.5) is 5.82 Å². The van der Waals surface area contributed by atoms with E-state index in [1.165, 1.54) is 25.7 Å². The Kier molecular flexibility index (Phi) is 3.39. The van der Waals surface area contributed by atoms with Crippen LogP contribution in [0.2, 0.25) is 5.02 Å². The molecule has 0 spiro atoms. The predicted octanol–water partition coefficient (Wildman–Crippen LogP) is 2.24. The number of piperidine rings is 1. The lowest BCUT2D eigenvalue weighted by molar-refractivity contribution is 0.348. The zero-order valence-corrected chi connectivity index (χ0v) is 11.4. The van der Waals surface area contributed by atoms with E-state index >= 15 is 0 Å². The Labute approximate surface area is 113 Å². The van der Waals surface area contributed by atoms with Gasteiger partial charge in [-0.1, -0.05) is 11.6 Å². The third kappa shape index (κ3) is 2.19. The molecule has 0 saturated carbocycles. The monoisotopic (exact) mass is 266 g/mol. The number of fused-ring (bicyclic) bond motifs is 2. The van der Waals surface area contributed by atoms with E-state index in [4.69, 9.17) is 11.6 Å². The van der Waals surface area contributed by atoms with Crippen LogP contribution in [-0.4, -0.2) is 34.6 Å². The summed E-state index contributed by atoms with van der Waals surface area (Å²) in [6.45, 7) is 3.11. The van der Waals surface area contributed by atoms with Crippen molar-refractivity contribution in [3.05, 3.63) is 17.5 Å². The minimum Gasteiger partial charge on any atom is -0.352 e. The van der Waals surface area contributed by atoms with Crippen LogP contribution in [-0.2, 0) is 0 Å². The lowest BCUT2D eigenvalue weighted by atomic mass is 9.98. The van der Waals surface area contributed by atoms with Crippen LogP contribution in [0.3, 0.4) is 0 Å². The molecular weight excluding hydrogens is 248 g/mol. The average Bonchev–Trinajstić information content (AvgIpc) is 2.72. The maximum atomic E-state index is 6.22. The number of rotatable bonds is 3. The van der Waals surface area contributed by atoms with Gasteiger partial charge in [0, 0.05) is 24.7 Å². The summed E-state index contributed by atoms with van der Waals surface area (Å²) in [7, 11) is 0. The van der Waals surface area contributed by atoms with Gasteiger partial charge in [0.1, 0.15) is 11.3 Å². The molecule has 1 aromatic rings. The third-order valence-electron chi connectivity index (χ3n) is 4.15. The molecule has 4 nitrogen and oxygen atoms in total. The smallest absolute Gasteiger partial charge is 0.151 e. The number of hydrogen-bond donors (Lipinski definition) is 1. The van der Waals surface area contributed by atoms with E-state index in [9.17, 15) is 0 Å². The maximum absolute atomic E-state index is 6.22. The Balaban J connectivity index is 1.82. The van der Waals surface area contributed by atoms with Gasteiger partial charge in [0.2, 0.25) is 0 Å². The van der Waals surface area contributed by atoms with Crippen LogP contribution >= 0.6 is 11.6 Å². The van der Waals surface area contributed by atoms with Crippen LogP contribution in [0, 0.1) is 0 Å². The van der Waals surface area contributed by atoms with Gasteiger partial charge in [-0.3, -0.25) is 0 Å². The van der Waals surface area contributed by atoms with Crippen LogP contribution in [0.15, 0.2) is 12.5 Å². The molecule has 1 aromatic heterocycles. The number of anilines is 1. The molecule has 98 valence electrons. The van der Waals surface area contributed by atoms with Crippen molar-refractivity contribution < 1.29 is 0 Å². The summed E-state index contributed by atoms with van der Waals surface area (Å²) in [5, 5.41) is 4.33. The molecule has 2 aliphatic rings. The summed E-state index contributed by atoms with van der Waals surface area (Å²) in [5.41, 5.74) is 0. The molecule has 2 atom stereocenters. The molecule has 0 aliphatic carbocycles. The lowest BCUT2D eigenvalue weighted by Crippen LogP contribution is -2.48. The summed E-state index contributed by atoms with van der Waals surface area (Å²) >= 11 is 6.22. The van der Waals surface area contributed by atoms with Crippen molar-refractivity contribution in [3.63, 3.8) is 0 Å². The molecule has 3 heterocycles. The molecule has 0 aromatic carbocycles. The zero-order chi connectivity index (χ0) is 12.5. The van der Waals surface area contributed by atoms with E-state index in [0.717, 1.165) is 12.4 Å². The van der Waals surface area contributed by atoms with Crippen molar-refractivity contribution in [2.75, 3.05) is 11.4 Å². The van der Waals surface area contributed by atoms with Gasteiger partial charge >= 0.3 is 0 Å². The zero-order valence-electron chi connectivity index (χ0n) is 10.6. The minimum atomic E-state index is 0.557. The van der Waals surface area contributed by atoms with Crippen molar-refractivity contribution in [3.8, 4) is 0 Å². The Morgan fingerprint density at radius 3 is 2.72 bits per heavy atom. The van der Waals surface area contributed by atoms with E-state index in [-0.39, 0.29) is 0 Å². The highest BCUT2D eigenvalue weighted by Crippen LogP contribution is 2.33. The van der Waals surface area contributed by atoms with Crippen molar-refractivity contribution in [1.29, 1.82) is 0 Å². The second-order valence-corrected chi connectivity index (χ2v) is 5.65. The second-order valence-electron chi connectivity index (χ2n) is 5.24. The first kappa shape index (κ1) is 12.2. The predicted molar refractivity (Wildman–Crippen MR) is 73.0 cm³/mol. The van der Waals surface area contributed by atoms with E-state index in [2.05, 4.69) is 27.1 Å². The first-order chi connectivity index (χ1) is 8.78. The number of nitrogens with zero attached hydrogens (tertiary/aromatic N) is 3. The molecule has 5 heteroatoms. The Bertz CT molecular complexity index is 413. The van der Waals surface area contributed by atoms with Gasteiger partial charge in [0.05, 0.1) is 6.20 Å². The molecule has 2 saturated heterocycles. The molecule has 18 heavy (non-hydrogen) atoms. The lowest BCUT2D eigenvalue weighted by Gasteiger charge is -2.38. The first-order valence-corrected chi connectivity index (χ1v) is 7.14. The normalized spacial score (nSPS) is 30.4.